The molecular weight excluding hydrogens is 430 g/mol. The van der Waals surface area contributed by atoms with E-state index in [0.29, 0.717) is 17.5 Å². The van der Waals surface area contributed by atoms with E-state index in [-0.39, 0.29) is 6.10 Å². The second-order valence-electron chi connectivity index (χ2n) is 9.41. The third kappa shape index (κ3) is 5.27. The van der Waals surface area contributed by atoms with Crippen LogP contribution < -0.4 is 10.2 Å². The van der Waals surface area contributed by atoms with Crippen LogP contribution in [-0.2, 0) is 6.54 Å². The summed E-state index contributed by atoms with van der Waals surface area (Å²) in [4.78, 5) is 23.2. The summed E-state index contributed by atoms with van der Waals surface area (Å²) in [7, 11) is 0. The summed E-state index contributed by atoms with van der Waals surface area (Å²) >= 11 is 0. The predicted molar refractivity (Wildman–Crippen MR) is 132 cm³/mol. The lowest BCUT2D eigenvalue weighted by molar-refractivity contribution is 0.0792. The zero-order chi connectivity index (χ0) is 23.5. The van der Waals surface area contributed by atoms with Gasteiger partial charge in [0, 0.05) is 50.5 Å². The van der Waals surface area contributed by atoms with Gasteiger partial charge >= 0.3 is 0 Å². The average Bonchev–Trinajstić information content (AvgIpc) is 2.86. The highest BCUT2D eigenvalue weighted by Crippen LogP contribution is 2.29. The largest absolute Gasteiger partial charge is 0.393 e. The number of hydrogen-bond donors (Lipinski definition) is 3. The molecule has 0 aromatic carbocycles. The Kier molecular flexibility index (Phi) is 6.85. The lowest BCUT2D eigenvalue weighted by Gasteiger charge is -2.29. The van der Waals surface area contributed by atoms with Gasteiger partial charge in [0.15, 0.2) is 5.82 Å². The Morgan fingerprint density at radius 1 is 1.03 bits per heavy atom. The van der Waals surface area contributed by atoms with Crippen LogP contribution in [0.1, 0.15) is 56.4 Å². The minimum atomic E-state index is -0.650. The fraction of sp³-hybridized carbons (Fsp3) is 0.520. The summed E-state index contributed by atoms with van der Waals surface area (Å²) in [6.07, 6.45) is 8.01. The van der Waals surface area contributed by atoms with Crippen molar-refractivity contribution in [3.8, 4) is 0 Å². The highest BCUT2D eigenvalue weighted by atomic mass is 16.3. The molecule has 9 heteroatoms. The first-order valence-corrected chi connectivity index (χ1v) is 12.3. The number of rotatable bonds is 6. The molecule has 1 unspecified atom stereocenters. The van der Waals surface area contributed by atoms with Crippen molar-refractivity contribution in [2.75, 3.05) is 36.4 Å². The normalized spacial score (nSPS) is 18.9. The van der Waals surface area contributed by atoms with Crippen molar-refractivity contribution in [3.63, 3.8) is 0 Å². The Hall–Kier alpha value is -2.88. The third-order valence-electron chi connectivity index (χ3n) is 6.68. The molecule has 34 heavy (non-hydrogen) atoms. The molecule has 3 N–H and O–H groups in total. The van der Waals surface area contributed by atoms with Gasteiger partial charge in [-0.2, -0.15) is 0 Å². The molecule has 3 aromatic heterocycles. The molecule has 180 valence electrons. The number of nitrogens with one attached hydrogen (secondary N) is 1. The van der Waals surface area contributed by atoms with Crippen molar-refractivity contribution in [2.45, 2.75) is 57.8 Å². The first-order valence-electron chi connectivity index (χ1n) is 12.3. The SMILES string of the molecule is CC(O)c1cc2cnc(Nc3ccc(CN4CCC(O)CC4)cn3)nc2c(N2CCCCC2)n1. The van der Waals surface area contributed by atoms with Crippen LogP contribution in [0, 0.1) is 0 Å². The summed E-state index contributed by atoms with van der Waals surface area (Å²) < 4.78 is 0. The fourth-order valence-electron chi connectivity index (χ4n) is 4.69. The average molecular weight is 464 g/mol. The molecule has 0 spiro atoms. The molecule has 0 aliphatic carbocycles. The van der Waals surface area contributed by atoms with E-state index in [1.165, 1.54) is 6.42 Å². The monoisotopic (exact) mass is 463 g/mol. The molecule has 0 amide bonds. The van der Waals surface area contributed by atoms with E-state index < -0.39 is 6.10 Å². The Bertz CT molecular complexity index is 1110. The second kappa shape index (κ2) is 10.2. The molecule has 3 aromatic rings. The van der Waals surface area contributed by atoms with Crippen LogP contribution in [0.5, 0.6) is 0 Å². The topological polar surface area (TPSA) is 111 Å². The molecule has 2 aliphatic rings. The van der Waals surface area contributed by atoms with Gasteiger partial charge in [-0.25, -0.2) is 19.9 Å². The Morgan fingerprint density at radius 3 is 2.53 bits per heavy atom. The Balaban J connectivity index is 1.35. The summed E-state index contributed by atoms with van der Waals surface area (Å²) in [6.45, 7) is 6.28. The number of pyridine rings is 2. The van der Waals surface area contributed by atoms with Crippen LogP contribution in [0.4, 0.5) is 17.6 Å². The number of aliphatic hydroxyl groups is 2. The van der Waals surface area contributed by atoms with E-state index in [9.17, 15) is 10.2 Å². The number of nitrogens with zero attached hydrogens (tertiary/aromatic N) is 6. The first-order chi connectivity index (χ1) is 16.5. The standard InChI is InChI=1S/C25H33N7O2/c1-17(33)21-13-19-15-27-25(30-23(19)24(28-21)32-9-3-2-4-10-32)29-22-6-5-18(14-26-22)16-31-11-7-20(34)8-12-31/h5-6,13-15,17,20,33-34H,2-4,7-12,16H2,1H3,(H,26,27,29,30). The smallest absolute Gasteiger partial charge is 0.229 e. The molecule has 2 fully saturated rings. The van der Waals surface area contributed by atoms with Gasteiger partial charge in [-0.15, -0.1) is 0 Å². The van der Waals surface area contributed by atoms with Crippen molar-refractivity contribution < 1.29 is 10.2 Å². The number of fused-ring (bicyclic) bond motifs is 1. The minimum absolute atomic E-state index is 0.160. The van der Waals surface area contributed by atoms with Gasteiger partial charge in [0.1, 0.15) is 11.3 Å². The van der Waals surface area contributed by atoms with Crippen molar-refractivity contribution in [1.82, 2.24) is 24.8 Å². The summed E-state index contributed by atoms with van der Waals surface area (Å²) in [5.74, 6) is 1.97. The quantitative estimate of drug-likeness (QED) is 0.508. The maximum Gasteiger partial charge on any atom is 0.229 e. The highest BCUT2D eigenvalue weighted by molar-refractivity contribution is 5.89. The Labute approximate surface area is 199 Å². The van der Waals surface area contributed by atoms with E-state index >= 15 is 0 Å². The van der Waals surface area contributed by atoms with Crippen LogP contribution in [0.25, 0.3) is 10.9 Å². The van der Waals surface area contributed by atoms with Crippen LogP contribution in [-0.4, -0.2) is 67.3 Å². The van der Waals surface area contributed by atoms with Crippen LogP contribution in [0.2, 0.25) is 0 Å². The van der Waals surface area contributed by atoms with Gasteiger partial charge in [0.2, 0.25) is 5.95 Å². The van der Waals surface area contributed by atoms with E-state index in [2.05, 4.69) is 31.2 Å². The molecule has 2 aliphatic heterocycles. The highest BCUT2D eigenvalue weighted by Gasteiger charge is 2.20. The number of hydrogen-bond acceptors (Lipinski definition) is 9. The maximum atomic E-state index is 10.1. The van der Waals surface area contributed by atoms with Crippen molar-refractivity contribution in [1.29, 1.82) is 0 Å². The zero-order valence-corrected chi connectivity index (χ0v) is 19.7. The van der Waals surface area contributed by atoms with Gasteiger partial charge in [0.25, 0.3) is 0 Å². The first kappa shape index (κ1) is 22.9. The number of aliphatic hydroxyl groups excluding tert-OH is 2. The van der Waals surface area contributed by atoms with E-state index in [4.69, 9.17) is 9.97 Å². The molecule has 0 radical (unpaired) electrons. The molecule has 2 saturated heterocycles. The van der Waals surface area contributed by atoms with E-state index in [1.54, 1.807) is 13.1 Å². The van der Waals surface area contributed by atoms with Crippen LogP contribution in [0.15, 0.2) is 30.6 Å². The van der Waals surface area contributed by atoms with Gasteiger partial charge in [-0.1, -0.05) is 6.07 Å². The zero-order valence-electron chi connectivity index (χ0n) is 19.7. The van der Waals surface area contributed by atoms with Gasteiger partial charge < -0.3 is 20.4 Å². The number of likely N-dealkylation sites (tertiary alicyclic amines) is 1. The minimum Gasteiger partial charge on any atom is -0.393 e. The van der Waals surface area contributed by atoms with Gasteiger partial charge in [-0.05, 0) is 56.7 Å². The Morgan fingerprint density at radius 2 is 1.82 bits per heavy atom. The van der Waals surface area contributed by atoms with Gasteiger partial charge in [0.05, 0.1) is 17.9 Å². The van der Waals surface area contributed by atoms with Crippen LogP contribution >= 0.6 is 0 Å². The van der Waals surface area contributed by atoms with Crippen molar-refractivity contribution >= 4 is 28.5 Å². The molecule has 0 bridgehead atoms. The van der Waals surface area contributed by atoms with Crippen molar-refractivity contribution in [3.05, 3.63) is 41.9 Å². The number of piperidine rings is 2. The summed E-state index contributed by atoms with van der Waals surface area (Å²) in [5, 5.41) is 23.9. The predicted octanol–water partition coefficient (Wildman–Crippen LogP) is 3.16. The van der Waals surface area contributed by atoms with Crippen LogP contribution in [0.3, 0.4) is 0 Å². The molecule has 9 nitrogen and oxygen atoms in total. The summed E-state index contributed by atoms with van der Waals surface area (Å²) in [5.41, 5.74) is 2.56. The molecule has 1 atom stereocenters. The molecule has 5 heterocycles. The molecule has 0 saturated carbocycles. The van der Waals surface area contributed by atoms with E-state index in [1.807, 2.05) is 18.3 Å². The lowest BCUT2D eigenvalue weighted by atomic mass is 10.1. The fourth-order valence-corrected chi connectivity index (χ4v) is 4.69. The summed E-state index contributed by atoms with van der Waals surface area (Å²) in [6, 6.07) is 5.88. The van der Waals surface area contributed by atoms with Gasteiger partial charge in [-0.3, -0.25) is 4.90 Å². The molecular formula is C25H33N7O2. The third-order valence-corrected chi connectivity index (χ3v) is 6.68. The van der Waals surface area contributed by atoms with Crippen molar-refractivity contribution in [2.24, 2.45) is 0 Å². The van der Waals surface area contributed by atoms with E-state index in [0.717, 1.165) is 80.7 Å². The second-order valence-corrected chi connectivity index (χ2v) is 9.41. The molecule has 5 rings (SSSR count). The lowest BCUT2D eigenvalue weighted by Crippen LogP contribution is -2.35. The number of aromatic nitrogens is 4. The maximum absolute atomic E-state index is 10.1. The number of anilines is 3.